The average Bonchev–Trinajstić information content (AvgIpc) is 3.03. The van der Waals surface area contributed by atoms with Crippen molar-refractivity contribution in [2.24, 2.45) is 17.6 Å². The molecule has 27 heavy (non-hydrogen) atoms. The molecule has 1 saturated carbocycles. The van der Waals surface area contributed by atoms with Crippen molar-refractivity contribution in [1.82, 2.24) is 4.98 Å². The molecule has 2 atom stereocenters. The molecule has 1 heterocycles. The molecule has 1 aliphatic carbocycles. The van der Waals surface area contributed by atoms with E-state index in [2.05, 4.69) is 43.1 Å². The summed E-state index contributed by atoms with van der Waals surface area (Å²) in [5.41, 5.74) is 8.56. The number of aryl methyl sites for hydroxylation is 1. The third-order valence-electron chi connectivity index (χ3n) is 5.49. The quantitative estimate of drug-likeness (QED) is 0.773. The van der Waals surface area contributed by atoms with Crippen molar-refractivity contribution in [3.63, 3.8) is 0 Å². The number of amides is 1. The van der Waals surface area contributed by atoms with Crippen molar-refractivity contribution in [3.05, 3.63) is 41.3 Å². The van der Waals surface area contributed by atoms with E-state index < -0.39 is 0 Å². The Labute approximate surface area is 161 Å². The summed E-state index contributed by atoms with van der Waals surface area (Å²) in [5, 5.41) is 0. The number of hydrogen-bond donors (Lipinski definition) is 1. The largest absolute Gasteiger partial charge is 0.441 e. The minimum Gasteiger partial charge on any atom is -0.441 e. The van der Waals surface area contributed by atoms with Crippen LogP contribution in [0.2, 0.25) is 0 Å². The smallest absolute Gasteiger partial charge is 0.226 e. The maximum atomic E-state index is 11.4. The van der Waals surface area contributed by atoms with Gasteiger partial charge in [-0.15, -0.1) is 0 Å². The molecule has 5 heteroatoms. The van der Waals surface area contributed by atoms with Crippen LogP contribution in [-0.2, 0) is 16.1 Å². The Hall–Kier alpha value is -2.14. The molecule has 1 amide bonds. The van der Waals surface area contributed by atoms with Crippen molar-refractivity contribution in [3.8, 4) is 11.5 Å². The van der Waals surface area contributed by atoms with Crippen LogP contribution < -0.4 is 5.73 Å². The molecule has 146 valence electrons. The number of aromatic nitrogens is 1. The standard InChI is InChI=1S/C22H30N2O3/c1-14(2)17-7-9-18(10-8-17)22-24-20(15(3)27-22)13-26-12-16-5-4-6-19(11-16)21(23)25/h7-10,14,16,19H,4-6,11-13H2,1-3H3,(H2,23,25). The zero-order chi connectivity index (χ0) is 19.4. The Morgan fingerprint density at radius 3 is 2.70 bits per heavy atom. The first-order chi connectivity index (χ1) is 12.9. The fraction of sp³-hybridized carbons (Fsp3) is 0.545. The van der Waals surface area contributed by atoms with Crippen LogP contribution in [0.1, 0.15) is 62.5 Å². The average molecular weight is 370 g/mol. The van der Waals surface area contributed by atoms with Gasteiger partial charge >= 0.3 is 0 Å². The van der Waals surface area contributed by atoms with Crippen LogP contribution >= 0.6 is 0 Å². The van der Waals surface area contributed by atoms with Gasteiger partial charge < -0.3 is 14.9 Å². The summed E-state index contributed by atoms with van der Waals surface area (Å²) in [4.78, 5) is 16.0. The van der Waals surface area contributed by atoms with Gasteiger partial charge in [-0.1, -0.05) is 32.4 Å². The third kappa shape index (κ3) is 4.98. The van der Waals surface area contributed by atoms with Crippen LogP contribution in [-0.4, -0.2) is 17.5 Å². The number of carbonyl (C=O) groups excluding carboxylic acids is 1. The highest BCUT2D eigenvalue weighted by atomic mass is 16.5. The van der Waals surface area contributed by atoms with Crippen LogP contribution in [0.5, 0.6) is 0 Å². The van der Waals surface area contributed by atoms with E-state index >= 15 is 0 Å². The maximum Gasteiger partial charge on any atom is 0.226 e. The molecule has 0 aliphatic heterocycles. The lowest BCUT2D eigenvalue weighted by Gasteiger charge is -2.26. The number of rotatable bonds is 7. The monoisotopic (exact) mass is 370 g/mol. The minimum atomic E-state index is -0.180. The number of nitrogens with two attached hydrogens (primary N) is 1. The second kappa shape index (κ2) is 8.70. The minimum absolute atomic E-state index is 0.00144. The van der Waals surface area contributed by atoms with Crippen LogP contribution in [0.3, 0.4) is 0 Å². The zero-order valence-corrected chi connectivity index (χ0v) is 16.5. The molecule has 3 rings (SSSR count). The van der Waals surface area contributed by atoms with Gasteiger partial charge in [-0.25, -0.2) is 4.98 Å². The molecule has 5 nitrogen and oxygen atoms in total. The van der Waals surface area contributed by atoms with Crippen LogP contribution in [0.15, 0.2) is 28.7 Å². The van der Waals surface area contributed by atoms with E-state index in [1.165, 1.54) is 5.56 Å². The van der Waals surface area contributed by atoms with Gasteiger partial charge in [-0.2, -0.15) is 0 Å². The summed E-state index contributed by atoms with van der Waals surface area (Å²) in [6.45, 7) is 7.34. The summed E-state index contributed by atoms with van der Waals surface area (Å²) in [5.74, 6) is 2.14. The summed E-state index contributed by atoms with van der Waals surface area (Å²) < 4.78 is 11.7. The third-order valence-corrected chi connectivity index (χ3v) is 5.49. The van der Waals surface area contributed by atoms with Gasteiger partial charge in [-0.3, -0.25) is 4.79 Å². The van der Waals surface area contributed by atoms with E-state index in [0.29, 0.717) is 30.9 Å². The first kappa shape index (κ1) is 19.6. The molecule has 1 aliphatic rings. The lowest BCUT2D eigenvalue weighted by Crippen LogP contribution is -2.30. The van der Waals surface area contributed by atoms with Gasteiger partial charge in [0.2, 0.25) is 11.8 Å². The molecule has 2 unspecified atom stereocenters. The van der Waals surface area contributed by atoms with Crippen molar-refractivity contribution in [2.75, 3.05) is 6.61 Å². The molecule has 0 saturated heterocycles. The van der Waals surface area contributed by atoms with E-state index in [1.807, 2.05) is 6.92 Å². The van der Waals surface area contributed by atoms with E-state index in [4.69, 9.17) is 14.9 Å². The van der Waals surface area contributed by atoms with Gasteiger partial charge in [0.1, 0.15) is 11.5 Å². The molecule has 2 N–H and O–H groups in total. The molecule has 0 bridgehead atoms. The van der Waals surface area contributed by atoms with Gasteiger partial charge in [0.15, 0.2) is 0 Å². The topological polar surface area (TPSA) is 78.3 Å². The van der Waals surface area contributed by atoms with E-state index in [1.54, 1.807) is 0 Å². The van der Waals surface area contributed by atoms with Crippen LogP contribution in [0, 0.1) is 18.8 Å². The zero-order valence-electron chi connectivity index (χ0n) is 16.5. The number of benzene rings is 1. The fourth-order valence-electron chi connectivity index (χ4n) is 3.72. The highest BCUT2D eigenvalue weighted by molar-refractivity contribution is 5.76. The number of carbonyl (C=O) groups is 1. The van der Waals surface area contributed by atoms with Crippen LogP contribution in [0.25, 0.3) is 11.5 Å². The molecule has 0 spiro atoms. The van der Waals surface area contributed by atoms with Gasteiger partial charge in [-0.05, 0) is 55.7 Å². The highest BCUT2D eigenvalue weighted by Gasteiger charge is 2.25. The summed E-state index contributed by atoms with van der Waals surface area (Å²) in [7, 11) is 0. The first-order valence-corrected chi connectivity index (χ1v) is 9.87. The Morgan fingerprint density at radius 1 is 1.30 bits per heavy atom. The van der Waals surface area contributed by atoms with Crippen molar-refractivity contribution < 1.29 is 13.9 Å². The fourth-order valence-corrected chi connectivity index (χ4v) is 3.72. The van der Waals surface area contributed by atoms with Crippen LogP contribution in [0.4, 0.5) is 0 Å². The molecule has 1 aromatic heterocycles. The predicted molar refractivity (Wildman–Crippen MR) is 105 cm³/mol. The number of oxazole rings is 1. The van der Waals surface area contributed by atoms with Gasteiger partial charge in [0, 0.05) is 18.1 Å². The predicted octanol–water partition coefficient (Wildman–Crippen LogP) is 4.58. The normalized spacial score (nSPS) is 20.1. The lowest BCUT2D eigenvalue weighted by atomic mass is 9.81. The number of nitrogens with zero attached hydrogens (tertiary/aromatic N) is 1. The Bertz CT molecular complexity index is 764. The van der Waals surface area contributed by atoms with Crippen molar-refractivity contribution >= 4 is 5.91 Å². The van der Waals surface area contributed by atoms with Crippen molar-refractivity contribution in [2.45, 2.75) is 59.0 Å². The summed E-state index contributed by atoms with van der Waals surface area (Å²) in [6, 6.07) is 8.34. The SMILES string of the molecule is Cc1oc(-c2ccc(C(C)C)cc2)nc1COCC1CCCC(C(N)=O)C1. The molecule has 1 aromatic carbocycles. The molecular formula is C22H30N2O3. The Morgan fingerprint density at radius 2 is 2.04 bits per heavy atom. The maximum absolute atomic E-state index is 11.4. The number of hydrogen-bond acceptors (Lipinski definition) is 4. The molecule has 0 radical (unpaired) electrons. The lowest BCUT2D eigenvalue weighted by molar-refractivity contribution is -0.123. The molecule has 2 aromatic rings. The Kier molecular flexibility index (Phi) is 6.32. The second-order valence-electron chi connectivity index (χ2n) is 7.95. The van der Waals surface area contributed by atoms with E-state index in [9.17, 15) is 4.79 Å². The Balaban J connectivity index is 1.56. The number of ether oxygens (including phenoxy) is 1. The van der Waals surface area contributed by atoms with Gasteiger partial charge in [0.05, 0.1) is 6.61 Å². The van der Waals surface area contributed by atoms with E-state index in [-0.39, 0.29) is 11.8 Å². The first-order valence-electron chi connectivity index (χ1n) is 9.87. The van der Waals surface area contributed by atoms with Gasteiger partial charge in [0.25, 0.3) is 0 Å². The van der Waals surface area contributed by atoms with E-state index in [0.717, 1.165) is 42.7 Å². The molecular weight excluding hydrogens is 340 g/mol. The molecule has 1 fully saturated rings. The van der Waals surface area contributed by atoms with Crippen molar-refractivity contribution in [1.29, 1.82) is 0 Å². The second-order valence-corrected chi connectivity index (χ2v) is 7.95. The summed E-state index contributed by atoms with van der Waals surface area (Å²) >= 11 is 0. The number of primary amides is 1. The highest BCUT2D eigenvalue weighted by Crippen LogP contribution is 2.29. The summed E-state index contributed by atoms with van der Waals surface area (Å²) in [6.07, 6.45) is 3.88.